The van der Waals surface area contributed by atoms with E-state index in [1.165, 1.54) is 5.56 Å². The van der Waals surface area contributed by atoms with Crippen LogP contribution in [0.5, 0.6) is 0 Å². The molecule has 0 spiro atoms. The number of hydrogen-bond acceptors (Lipinski definition) is 3. The quantitative estimate of drug-likeness (QED) is 0.674. The van der Waals surface area contributed by atoms with E-state index in [4.69, 9.17) is 10.8 Å². The normalized spacial score (nSPS) is 13.5. The maximum atomic E-state index is 8.68. The predicted molar refractivity (Wildman–Crippen MR) is 43.1 cm³/mol. The molecule has 0 saturated carbocycles. The lowest BCUT2D eigenvalue weighted by Crippen LogP contribution is -2.12. The van der Waals surface area contributed by atoms with Gasteiger partial charge in [0, 0.05) is 4.88 Å². The minimum atomic E-state index is -0.196. The highest BCUT2D eigenvalue weighted by molar-refractivity contribution is 7.10. The van der Waals surface area contributed by atoms with Gasteiger partial charge in [-0.2, -0.15) is 0 Å². The van der Waals surface area contributed by atoms with Gasteiger partial charge in [0.15, 0.2) is 0 Å². The van der Waals surface area contributed by atoms with Gasteiger partial charge in [-0.05, 0) is 23.9 Å². The van der Waals surface area contributed by atoms with Crippen molar-refractivity contribution >= 4 is 11.3 Å². The lowest BCUT2D eigenvalue weighted by molar-refractivity contribution is 0.269. The Morgan fingerprint density at radius 1 is 1.80 bits per heavy atom. The Morgan fingerprint density at radius 2 is 2.50 bits per heavy atom. The van der Waals surface area contributed by atoms with Crippen LogP contribution in [-0.2, 0) is 0 Å². The van der Waals surface area contributed by atoms with Crippen molar-refractivity contribution in [3.05, 3.63) is 21.9 Å². The second-order valence-corrected chi connectivity index (χ2v) is 3.26. The number of hydrogen-bond donors (Lipinski definition) is 2. The molecule has 10 heavy (non-hydrogen) atoms. The van der Waals surface area contributed by atoms with E-state index in [2.05, 4.69) is 0 Å². The van der Waals surface area contributed by atoms with E-state index in [-0.39, 0.29) is 12.6 Å². The Bertz CT molecular complexity index is 209. The van der Waals surface area contributed by atoms with Crippen LogP contribution < -0.4 is 5.73 Å². The predicted octanol–water partition coefficient (Wildman–Crippen LogP) is 1.05. The zero-order chi connectivity index (χ0) is 7.56. The van der Waals surface area contributed by atoms with Gasteiger partial charge in [0.1, 0.15) is 0 Å². The van der Waals surface area contributed by atoms with Crippen LogP contribution in [0.1, 0.15) is 16.5 Å². The van der Waals surface area contributed by atoms with Gasteiger partial charge in [0.05, 0.1) is 12.6 Å². The molecule has 3 N–H and O–H groups in total. The number of aryl methyl sites for hydroxylation is 1. The monoisotopic (exact) mass is 157 g/mol. The van der Waals surface area contributed by atoms with E-state index in [0.29, 0.717) is 0 Å². The average Bonchev–Trinajstić information content (AvgIpc) is 2.34. The fourth-order valence-electron chi connectivity index (χ4n) is 0.738. The number of rotatable bonds is 2. The molecule has 0 aliphatic heterocycles. The van der Waals surface area contributed by atoms with Gasteiger partial charge in [-0.15, -0.1) is 11.3 Å². The molecule has 1 aromatic heterocycles. The van der Waals surface area contributed by atoms with E-state index in [1.807, 2.05) is 18.4 Å². The third kappa shape index (κ3) is 1.56. The van der Waals surface area contributed by atoms with Crippen molar-refractivity contribution in [2.75, 3.05) is 6.61 Å². The Morgan fingerprint density at radius 3 is 2.90 bits per heavy atom. The molecule has 0 aliphatic carbocycles. The summed E-state index contributed by atoms with van der Waals surface area (Å²) in [6.45, 7) is 2.05. The number of thiophene rings is 1. The van der Waals surface area contributed by atoms with Crippen LogP contribution in [0.25, 0.3) is 0 Å². The van der Waals surface area contributed by atoms with Gasteiger partial charge in [-0.25, -0.2) is 0 Å². The largest absolute Gasteiger partial charge is 0.394 e. The Hall–Kier alpha value is -0.380. The molecule has 0 aliphatic rings. The van der Waals surface area contributed by atoms with Gasteiger partial charge < -0.3 is 10.8 Å². The van der Waals surface area contributed by atoms with Crippen molar-refractivity contribution in [1.82, 2.24) is 0 Å². The maximum Gasteiger partial charge on any atom is 0.0632 e. The van der Waals surface area contributed by atoms with Gasteiger partial charge in [0.2, 0.25) is 0 Å². The molecule has 1 heterocycles. The molecule has 1 unspecified atom stereocenters. The molecule has 0 aromatic carbocycles. The zero-order valence-electron chi connectivity index (χ0n) is 5.87. The highest BCUT2D eigenvalue weighted by Crippen LogP contribution is 2.19. The highest BCUT2D eigenvalue weighted by Gasteiger charge is 2.04. The number of aliphatic hydroxyl groups is 1. The van der Waals surface area contributed by atoms with Crippen LogP contribution >= 0.6 is 11.3 Å². The van der Waals surface area contributed by atoms with E-state index in [9.17, 15) is 0 Å². The van der Waals surface area contributed by atoms with Crippen molar-refractivity contribution in [3.63, 3.8) is 0 Å². The topological polar surface area (TPSA) is 46.2 Å². The molecular formula is C7H11NOS. The zero-order valence-corrected chi connectivity index (χ0v) is 6.69. The molecule has 1 rings (SSSR count). The average molecular weight is 157 g/mol. The fourth-order valence-corrected chi connectivity index (χ4v) is 1.63. The first-order valence-corrected chi connectivity index (χ1v) is 4.03. The summed E-state index contributed by atoms with van der Waals surface area (Å²) < 4.78 is 0. The van der Waals surface area contributed by atoms with E-state index >= 15 is 0 Å². The highest BCUT2D eigenvalue weighted by atomic mass is 32.1. The molecule has 0 saturated heterocycles. The van der Waals surface area contributed by atoms with Crippen LogP contribution in [-0.4, -0.2) is 11.7 Å². The maximum absolute atomic E-state index is 8.68. The third-order valence-corrected chi connectivity index (χ3v) is 2.50. The molecule has 0 fully saturated rings. The minimum absolute atomic E-state index is 0.0277. The summed E-state index contributed by atoms with van der Waals surface area (Å²) in [5, 5.41) is 10.7. The number of nitrogens with two attached hydrogens (primary N) is 1. The smallest absolute Gasteiger partial charge is 0.0632 e. The summed E-state index contributed by atoms with van der Waals surface area (Å²) in [7, 11) is 0. The standard InChI is InChI=1S/C7H11NOS/c1-5-2-7(10-4-5)6(8)3-9/h2,4,6,9H,3,8H2,1H3. The van der Waals surface area contributed by atoms with Crippen LogP contribution in [0.15, 0.2) is 11.4 Å². The van der Waals surface area contributed by atoms with E-state index in [1.54, 1.807) is 11.3 Å². The van der Waals surface area contributed by atoms with E-state index in [0.717, 1.165) is 4.88 Å². The van der Waals surface area contributed by atoms with Crippen LogP contribution in [0.4, 0.5) is 0 Å². The fraction of sp³-hybridized carbons (Fsp3) is 0.429. The van der Waals surface area contributed by atoms with Crippen molar-refractivity contribution in [3.8, 4) is 0 Å². The second kappa shape index (κ2) is 3.14. The summed E-state index contributed by atoms with van der Waals surface area (Å²) in [6, 6.07) is 1.81. The summed E-state index contributed by atoms with van der Waals surface area (Å²) in [5.41, 5.74) is 6.78. The van der Waals surface area contributed by atoms with Crippen molar-refractivity contribution < 1.29 is 5.11 Å². The minimum Gasteiger partial charge on any atom is -0.394 e. The van der Waals surface area contributed by atoms with Gasteiger partial charge in [-0.3, -0.25) is 0 Å². The lowest BCUT2D eigenvalue weighted by Gasteiger charge is -2.02. The van der Waals surface area contributed by atoms with Crippen molar-refractivity contribution in [1.29, 1.82) is 0 Å². The molecule has 1 aromatic rings. The molecule has 0 bridgehead atoms. The van der Waals surface area contributed by atoms with Gasteiger partial charge in [-0.1, -0.05) is 0 Å². The first-order valence-electron chi connectivity index (χ1n) is 3.15. The van der Waals surface area contributed by atoms with Crippen LogP contribution in [0.2, 0.25) is 0 Å². The van der Waals surface area contributed by atoms with Crippen LogP contribution in [0.3, 0.4) is 0 Å². The van der Waals surface area contributed by atoms with Crippen LogP contribution in [0, 0.1) is 6.92 Å². The van der Waals surface area contributed by atoms with Gasteiger partial charge in [0.25, 0.3) is 0 Å². The Labute approximate surface area is 64.3 Å². The molecule has 1 atom stereocenters. The first kappa shape index (κ1) is 7.72. The van der Waals surface area contributed by atoms with Crippen molar-refractivity contribution in [2.24, 2.45) is 5.73 Å². The summed E-state index contributed by atoms with van der Waals surface area (Å²) in [4.78, 5) is 1.06. The molecule has 56 valence electrons. The third-order valence-electron chi connectivity index (χ3n) is 1.31. The molecular weight excluding hydrogens is 146 g/mol. The first-order chi connectivity index (χ1) is 4.74. The second-order valence-electron chi connectivity index (χ2n) is 2.32. The molecule has 0 radical (unpaired) electrons. The summed E-state index contributed by atoms with van der Waals surface area (Å²) >= 11 is 1.60. The van der Waals surface area contributed by atoms with Gasteiger partial charge >= 0.3 is 0 Å². The van der Waals surface area contributed by atoms with E-state index < -0.39 is 0 Å². The molecule has 0 amide bonds. The summed E-state index contributed by atoms with van der Waals surface area (Å²) in [5.74, 6) is 0. The molecule has 2 nitrogen and oxygen atoms in total. The Balaban J connectivity index is 2.74. The lowest BCUT2D eigenvalue weighted by atomic mass is 10.2. The SMILES string of the molecule is Cc1csc(C(N)CO)c1. The summed E-state index contributed by atoms with van der Waals surface area (Å²) in [6.07, 6.45) is 0. The molecule has 3 heteroatoms. The number of aliphatic hydroxyl groups excluding tert-OH is 1. The van der Waals surface area contributed by atoms with Crippen molar-refractivity contribution in [2.45, 2.75) is 13.0 Å². The Kier molecular flexibility index (Phi) is 2.43.